The van der Waals surface area contributed by atoms with Gasteiger partial charge in [0, 0.05) is 16.8 Å². The molecule has 1 aromatic heterocycles. The molecule has 0 aliphatic rings. The number of allylic oxidation sites excluding steroid dienone is 1. The summed E-state index contributed by atoms with van der Waals surface area (Å²) >= 11 is 0. The SMILES string of the molecule is CC=Cc1c(C(C)C)nc(C(C)C)c(CO)c1-c1ccccc1. The van der Waals surface area contributed by atoms with Crippen LogP contribution < -0.4 is 0 Å². The van der Waals surface area contributed by atoms with Crippen molar-refractivity contribution in [2.75, 3.05) is 0 Å². The molecule has 0 aliphatic heterocycles. The number of aliphatic hydroxyl groups is 1. The van der Waals surface area contributed by atoms with E-state index in [1.54, 1.807) is 0 Å². The fraction of sp³-hybridized carbons (Fsp3) is 0.381. The fourth-order valence-electron chi connectivity index (χ4n) is 3.02. The van der Waals surface area contributed by atoms with Gasteiger partial charge >= 0.3 is 0 Å². The van der Waals surface area contributed by atoms with Crippen LogP contribution in [0.25, 0.3) is 17.2 Å². The van der Waals surface area contributed by atoms with Crippen molar-refractivity contribution in [1.82, 2.24) is 4.98 Å². The van der Waals surface area contributed by atoms with E-state index < -0.39 is 0 Å². The van der Waals surface area contributed by atoms with Gasteiger partial charge in [-0.25, -0.2) is 0 Å². The Morgan fingerprint density at radius 1 is 1.00 bits per heavy atom. The van der Waals surface area contributed by atoms with Crippen LogP contribution in [-0.2, 0) is 6.61 Å². The number of pyridine rings is 1. The van der Waals surface area contributed by atoms with Crippen molar-refractivity contribution >= 4 is 6.08 Å². The summed E-state index contributed by atoms with van der Waals surface area (Å²) in [5, 5.41) is 10.1. The van der Waals surface area contributed by atoms with Gasteiger partial charge in [0.15, 0.2) is 0 Å². The summed E-state index contributed by atoms with van der Waals surface area (Å²) in [5.41, 5.74) is 6.43. The maximum absolute atomic E-state index is 10.1. The summed E-state index contributed by atoms with van der Waals surface area (Å²) in [4.78, 5) is 4.94. The molecule has 0 radical (unpaired) electrons. The van der Waals surface area contributed by atoms with Gasteiger partial charge in [-0.3, -0.25) is 4.98 Å². The van der Waals surface area contributed by atoms with Gasteiger partial charge in [0.1, 0.15) is 0 Å². The molecule has 1 aromatic carbocycles. The molecule has 23 heavy (non-hydrogen) atoms. The molecule has 0 amide bonds. The summed E-state index contributed by atoms with van der Waals surface area (Å²) in [7, 11) is 0. The van der Waals surface area contributed by atoms with Gasteiger partial charge in [-0.05, 0) is 29.9 Å². The highest BCUT2D eigenvalue weighted by molar-refractivity contribution is 5.80. The minimum atomic E-state index is 0.00761. The highest BCUT2D eigenvalue weighted by atomic mass is 16.3. The standard InChI is InChI=1S/C21H27NO/c1-6-10-17-19(16-11-8-7-9-12-16)18(13-23)21(15(4)5)22-20(17)14(2)3/h6-12,14-15,23H,13H2,1-5H3. The summed E-state index contributed by atoms with van der Waals surface area (Å²) in [6.07, 6.45) is 4.17. The Morgan fingerprint density at radius 2 is 1.61 bits per heavy atom. The number of hydrogen-bond donors (Lipinski definition) is 1. The molecule has 0 bridgehead atoms. The van der Waals surface area contributed by atoms with E-state index in [9.17, 15) is 5.11 Å². The zero-order chi connectivity index (χ0) is 17.0. The Bertz CT molecular complexity index is 685. The van der Waals surface area contributed by atoms with Gasteiger partial charge in [-0.1, -0.05) is 70.2 Å². The Labute approximate surface area is 139 Å². The molecule has 0 fully saturated rings. The van der Waals surface area contributed by atoms with E-state index in [0.29, 0.717) is 5.92 Å². The molecule has 122 valence electrons. The molecule has 0 atom stereocenters. The van der Waals surface area contributed by atoms with Gasteiger partial charge < -0.3 is 5.11 Å². The second kappa shape index (κ2) is 7.56. The first kappa shape index (κ1) is 17.4. The zero-order valence-electron chi connectivity index (χ0n) is 14.8. The van der Waals surface area contributed by atoms with Crippen LogP contribution >= 0.6 is 0 Å². The maximum atomic E-state index is 10.1. The van der Waals surface area contributed by atoms with Crippen LogP contribution in [0.5, 0.6) is 0 Å². The maximum Gasteiger partial charge on any atom is 0.0706 e. The Balaban J connectivity index is 2.93. The number of aliphatic hydroxyl groups excluding tert-OH is 1. The smallest absolute Gasteiger partial charge is 0.0706 e. The Hall–Kier alpha value is -1.93. The largest absolute Gasteiger partial charge is 0.392 e. The van der Waals surface area contributed by atoms with Crippen molar-refractivity contribution in [1.29, 1.82) is 0 Å². The molecule has 2 aromatic rings. The van der Waals surface area contributed by atoms with Gasteiger partial charge in [-0.15, -0.1) is 0 Å². The Morgan fingerprint density at radius 3 is 2.09 bits per heavy atom. The second-order valence-electron chi connectivity index (χ2n) is 6.48. The summed E-state index contributed by atoms with van der Waals surface area (Å²) < 4.78 is 0. The first-order chi connectivity index (χ1) is 11.0. The first-order valence-electron chi connectivity index (χ1n) is 8.36. The van der Waals surface area contributed by atoms with Crippen LogP contribution in [0.4, 0.5) is 0 Å². The molecule has 0 saturated heterocycles. The summed E-state index contributed by atoms with van der Waals surface area (Å²) in [6, 6.07) is 10.3. The van der Waals surface area contributed by atoms with Crippen LogP contribution in [0, 0.1) is 0 Å². The average molecular weight is 309 g/mol. The first-order valence-corrected chi connectivity index (χ1v) is 8.36. The molecule has 0 unspecified atom stereocenters. The van der Waals surface area contributed by atoms with Crippen LogP contribution in [0.2, 0.25) is 0 Å². The van der Waals surface area contributed by atoms with Crippen molar-refractivity contribution in [3.05, 3.63) is 58.9 Å². The second-order valence-corrected chi connectivity index (χ2v) is 6.48. The van der Waals surface area contributed by atoms with Crippen LogP contribution in [0.3, 0.4) is 0 Å². The van der Waals surface area contributed by atoms with E-state index in [-0.39, 0.29) is 12.5 Å². The highest BCUT2D eigenvalue weighted by Gasteiger charge is 2.21. The predicted molar refractivity (Wildman–Crippen MR) is 98.5 cm³/mol. The lowest BCUT2D eigenvalue weighted by atomic mass is 9.87. The van der Waals surface area contributed by atoms with Crippen molar-refractivity contribution in [3.63, 3.8) is 0 Å². The number of hydrogen-bond acceptors (Lipinski definition) is 2. The highest BCUT2D eigenvalue weighted by Crippen LogP contribution is 2.37. The topological polar surface area (TPSA) is 33.1 Å². The minimum Gasteiger partial charge on any atom is -0.392 e. The van der Waals surface area contributed by atoms with E-state index in [4.69, 9.17) is 4.98 Å². The third-order valence-electron chi connectivity index (χ3n) is 4.04. The van der Waals surface area contributed by atoms with Gasteiger partial charge in [0.25, 0.3) is 0 Å². The van der Waals surface area contributed by atoms with E-state index in [0.717, 1.165) is 33.6 Å². The van der Waals surface area contributed by atoms with E-state index in [1.165, 1.54) is 0 Å². The molecule has 2 rings (SSSR count). The van der Waals surface area contributed by atoms with E-state index in [2.05, 4.69) is 45.9 Å². The molecule has 1 N–H and O–H groups in total. The van der Waals surface area contributed by atoms with Gasteiger partial charge in [-0.2, -0.15) is 0 Å². The van der Waals surface area contributed by atoms with Crippen molar-refractivity contribution < 1.29 is 5.11 Å². The number of nitrogens with zero attached hydrogens (tertiary/aromatic N) is 1. The van der Waals surface area contributed by atoms with Crippen LogP contribution in [0.1, 0.15) is 69.0 Å². The third-order valence-corrected chi connectivity index (χ3v) is 4.04. The lowest BCUT2D eigenvalue weighted by molar-refractivity contribution is 0.280. The molecular weight excluding hydrogens is 282 g/mol. The molecule has 2 heteroatoms. The normalized spacial score (nSPS) is 11.8. The quantitative estimate of drug-likeness (QED) is 0.788. The van der Waals surface area contributed by atoms with Gasteiger partial charge in [0.05, 0.1) is 12.3 Å². The van der Waals surface area contributed by atoms with Crippen LogP contribution in [-0.4, -0.2) is 10.1 Å². The molecule has 2 nitrogen and oxygen atoms in total. The lowest BCUT2D eigenvalue weighted by Crippen LogP contribution is -2.10. The van der Waals surface area contributed by atoms with Gasteiger partial charge in [0.2, 0.25) is 0 Å². The number of benzene rings is 1. The molecule has 0 saturated carbocycles. The van der Waals surface area contributed by atoms with Crippen molar-refractivity contribution in [2.24, 2.45) is 0 Å². The molecule has 0 spiro atoms. The Kier molecular flexibility index (Phi) is 5.73. The lowest BCUT2D eigenvalue weighted by Gasteiger charge is -2.22. The average Bonchev–Trinajstić information content (AvgIpc) is 2.54. The van der Waals surface area contributed by atoms with Crippen molar-refractivity contribution in [3.8, 4) is 11.1 Å². The third kappa shape index (κ3) is 3.53. The predicted octanol–water partition coefficient (Wildman–Crippen LogP) is 5.52. The monoisotopic (exact) mass is 309 g/mol. The molecule has 0 aliphatic carbocycles. The van der Waals surface area contributed by atoms with Crippen LogP contribution in [0.15, 0.2) is 36.4 Å². The van der Waals surface area contributed by atoms with E-state index in [1.807, 2.05) is 31.2 Å². The molecule has 1 heterocycles. The summed E-state index contributed by atoms with van der Waals surface area (Å²) in [6.45, 7) is 10.6. The van der Waals surface area contributed by atoms with Crippen molar-refractivity contribution in [2.45, 2.75) is 53.1 Å². The minimum absolute atomic E-state index is 0.00761. The molecular formula is C21H27NO. The summed E-state index contributed by atoms with van der Waals surface area (Å²) in [5.74, 6) is 0.602. The number of aromatic nitrogens is 1. The zero-order valence-corrected chi connectivity index (χ0v) is 14.8. The fourth-order valence-corrected chi connectivity index (χ4v) is 3.02. The van der Waals surface area contributed by atoms with E-state index >= 15 is 0 Å². The number of rotatable bonds is 5.